The van der Waals surface area contributed by atoms with Gasteiger partial charge >= 0.3 is 0 Å². The van der Waals surface area contributed by atoms with E-state index in [9.17, 15) is 14.5 Å². The molecule has 0 aliphatic carbocycles. The number of hydrogen-bond acceptors (Lipinski definition) is 3. The zero-order valence-corrected chi connectivity index (χ0v) is 14.3. The molecule has 0 aliphatic heterocycles. The van der Waals surface area contributed by atoms with Gasteiger partial charge in [0.2, 0.25) is 0 Å². The molecule has 2 aromatic rings. The van der Waals surface area contributed by atoms with Crippen molar-refractivity contribution in [2.75, 3.05) is 13.6 Å². The molecule has 6 nitrogen and oxygen atoms in total. The van der Waals surface area contributed by atoms with Crippen molar-refractivity contribution in [3.8, 4) is 0 Å². The Morgan fingerprint density at radius 3 is 2.52 bits per heavy atom. The van der Waals surface area contributed by atoms with Crippen molar-refractivity contribution in [3.05, 3.63) is 75.1 Å². The average molecular weight is 344 g/mol. The summed E-state index contributed by atoms with van der Waals surface area (Å²) in [6.07, 6.45) is 0.754. The van der Waals surface area contributed by atoms with E-state index in [1.165, 1.54) is 24.3 Å². The van der Waals surface area contributed by atoms with Crippen molar-refractivity contribution in [3.63, 3.8) is 0 Å². The number of benzene rings is 2. The molecule has 0 saturated heterocycles. The predicted molar refractivity (Wildman–Crippen MR) is 96.1 cm³/mol. The number of nitrogens with one attached hydrogen (secondary N) is 2. The molecule has 0 radical (unpaired) electrons. The van der Waals surface area contributed by atoms with Gasteiger partial charge < -0.3 is 10.6 Å². The molecule has 2 N–H and O–H groups in total. The van der Waals surface area contributed by atoms with Gasteiger partial charge in [0.25, 0.3) is 5.69 Å². The molecule has 132 valence electrons. The molecule has 0 heterocycles. The van der Waals surface area contributed by atoms with Gasteiger partial charge in [-0.05, 0) is 42.2 Å². The van der Waals surface area contributed by atoms with Gasteiger partial charge in [0.1, 0.15) is 5.82 Å². The van der Waals surface area contributed by atoms with Crippen LogP contribution in [0.3, 0.4) is 0 Å². The minimum absolute atomic E-state index is 0.0703. The highest BCUT2D eigenvalue weighted by molar-refractivity contribution is 5.79. The smallest absolute Gasteiger partial charge is 0.269 e. The molecule has 0 aromatic heterocycles. The highest BCUT2D eigenvalue weighted by Gasteiger charge is 2.05. The Morgan fingerprint density at radius 1 is 1.20 bits per heavy atom. The van der Waals surface area contributed by atoms with Crippen LogP contribution in [-0.4, -0.2) is 24.5 Å². The molecule has 2 rings (SSSR count). The van der Waals surface area contributed by atoms with Gasteiger partial charge in [-0.1, -0.05) is 18.2 Å². The summed E-state index contributed by atoms with van der Waals surface area (Å²) in [5.41, 5.74) is 3.00. The van der Waals surface area contributed by atoms with Crippen LogP contribution in [0.1, 0.15) is 16.7 Å². The summed E-state index contributed by atoms with van der Waals surface area (Å²) < 4.78 is 13.1. The van der Waals surface area contributed by atoms with Crippen molar-refractivity contribution in [1.82, 2.24) is 10.6 Å². The SMILES string of the molecule is CN=C(NCCc1ccc(F)cc1C)NCc1ccc([N+](=O)[O-])cc1. The summed E-state index contributed by atoms with van der Waals surface area (Å²) in [6, 6.07) is 11.1. The van der Waals surface area contributed by atoms with E-state index in [0.29, 0.717) is 19.0 Å². The number of non-ortho nitro benzene ring substituents is 1. The molecular formula is C18H21FN4O2. The fourth-order valence-corrected chi connectivity index (χ4v) is 2.40. The highest BCUT2D eigenvalue weighted by atomic mass is 19.1. The zero-order valence-electron chi connectivity index (χ0n) is 14.3. The van der Waals surface area contributed by atoms with E-state index in [-0.39, 0.29) is 11.5 Å². The molecular weight excluding hydrogens is 323 g/mol. The van der Waals surface area contributed by atoms with Gasteiger partial charge in [0.05, 0.1) is 4.92 Å². The van der Waals surface area contributed by atoms with Crippen LogP contribution in [0.2, 0.25) is 0 Å². The van der Waals surface area contributed by atoms with Crippen LogP contribution >= 0.6 is 0 Å². The van der Waals surface area contributed by atoms with E-state index in [1.807, 2.05) is 6.92 Å². The van der Waals surface area contributed by atoms with Crippen LogP contribution in [0.5, 0.6) is 0 Å². The first-order valence-electron chi connectivity index (χ1n) is 7.92. The monoisotopic (exact) mass is 344 g/mol. The number of nitro benzene ring substituents is 1. The van der Waals surface area contributed by atoms with Gasteiger partial charge in [0, 0.05) is 32.3 Å². The summed E-state index contributed by atoms with van der Waals surface area (Å²) >= 11 is 0. The molecule has 0 atom stereocenters. The van der Waals surface area contributed by atoms with Gasteiger partial charge in [-0.2, -0.15) is 0 Å². The fourth-order valence-electron chi connectivity index (χ4n) is 2.40. The Morgan fingerprint density at radius 2 is 1.92 bits per heavy atom. The zero-order chi connectivity index (χ0) is 18.2. The van der Waals surface area contributed by atoms with Crippen molar-refractivity contribution < 1.29 is 9.31 Å². The van der Waals surface area contributed by atoms with E-state index < -0.39 is 4.92 Å². The van der Waals surface area contributed by atoms with Crippen molar-refractivity contribution in [2.24, 2.45) is 4.99 Å². The van der Waals surface area contributed by atoms with Crippen molar-refractivity contribution in [2.45, 2.75) is 19.9 Å². The van der Waals surface area contributed by atoms with E-state index in [2.05, 4.69) is 15.6 Å². The number of halogens is 1. The quantitative estimate of drug-likeness (QED) is 0.365. The number of nitro groups is 1. The van der Waals surface area contributed by atoms with Crippen molar-refractivity contribution >= 4 is 11.6 Å². The summed E-state index contributed by atoms with van der Waals surface area (Å²) in [4.78, 5) is 14.4. The van der Waals surface area contributed by atoms with Gasteiger partial charge in [-0.25, -0.2) is 4.39 Å². The molecule has 0 unspecified atom stereocenters. The Labute approximate surface area is 145 Å². The minimum Gasteiger partial charge on any atom is -0.356 e. The maximum Gasteiger partial charge on any atom is 0.269 e. The molecule has 0 amide bonds. The molecule has 2 aromatic carbocycles. The lowest BCUT2D eigenvalue weighted by Gasteiger charge is -2.12. The van der Waals surface area contributed by atoms with Crippen LogP contribution in [-0.2, 0) is 13.0 Å². The Balaban J connectivity index is 1.81. The maximum atomic E-state index is 13.1. The molecule has 7 heteroatoms. The molecule has 0 fully saturated rings. The first kappa shape index (κ1) is 18.4. The lowest BCUT2D eigenvalue weighted by molar-refractivity contribution is -0.384. The average Bonchev–Trinajstić information content (AvgIpc) is 2.60. The summed E-state index contributed by atoms with van der Waals surface area (Å²) in [5.74, 6) is 0.410. The maximum absolute atomic E-state index is 13.1. The highest BCUT2D eigenvalue weighted by Crippen LogP contribution is 2.12. The largest absolute Gasteiger partial charge is 0.356 e. The van der Waals surface area contributed by atoms with Crippen LogP contribution < -0.4 is 10.6 Å². The Hall–Kier alpha value is -2.96. The second-order valence-corrected chi connectivity index (χ2v) is 5.60. The van der Waals surface area contributed by atoms with Crippen LogP contribution in [0.25, 0.3) is 0 Å². The van der Waals surface area contributed by atoms with Gasteiger partial charge in [-0.15, -0.1) is 0 Å². The lowest BCUT2D eigenvalue weighted by atomic mass is 10.1. The van der Waals surface area contributed by atoms with E-state index in [1.54, 1.807) is 25.2 Å². The third-order valence-corrected chi connectivity index (χ3v) is 3.82. The van der Waals surface area contributed by atoms with Crippen LogP contribution in [0.4, 0.5) is 10.1 Å². The van der Waals surface area contributed by atoms with Crippen LogP contribution in [0, 0.1) is 22.9 Å². The van der Waals surface area contributed by atoms with Crippen LogP contribution in [0.15, 0.2) is 47.5 Å². The summed E-state index contributed by atoms with van der Waals surface area (Å²) in [6.45, 7) is 3.06. The second-order valence-electron chi connectivity index (χ2n) is 5.60. The molecule has 0 bridgehead atoms. The third-order valence-electron chi connectivity index (χ3n) is 3.82. The van der Waals surface area contributed by atoms with Crippen molar-refractivity contribution in [1.29, 1.82) is 0 Å². The number of guanidine groups is 1. The number of aryl methyl sites for hydroxylation is 1. The Bertz CT molecular complexity index is 760. The van der Waals surface area contributed by atoms with E-state index >= 15 is 0 Å². The third kappa shape index (κ3) is 5.56. The normalized spacial score (nSPS) is 11.2. The second kappa shape index (κ2) is 8.77. The molecule has 0 saturated carbocycles. The molecule has 0 aliphatic rings. The summed E-state index contributed by atoms with van der Waals surface area (Å²) in [7, 11) is 1.67. The van der Waals surface area contributed by atoms with Gasteiger partial charge in [-0.3, -0.25) is 15.1 Å². The van der Waals surface area contributed by atoms with E-state index in [0.717, 1.165) is 23.1 Å². The predicted octanol–water partition coefficient (Wildman–Crippen LogP) is 2.95. The topological polar surface area (TPSA) is 79.6 Å². The van der Waals surface area contributed by atoms with Gasteiger partial charge in [0.15, 0.2) is 5.96 Å². The molecule has 25 heavy (non-hydrogen) atoms. The molecule has 0 spiro atoms. The Kier molecular flexibility index (Phi) is 6.45. The summed E-state index contributed by atoms with van der Waals surface area (Å²) in [5, 5.41) is 17.0. The standard InChI is InChI=1S/C18H21FN4O2/c1-13-11-16(19)6-5-15(13)9-10-21-18(20-2)22-12-14-3-7-17(8-4-14)23(24)25/h3-8,11H,9-10,12H2,1-2H3,(H2,20,21,22). The minimum atomic E-state index is -0.421. The fraction of sp³-hybridized carbons (Fsp3) is 0.278. The first-order chi connectivity index (χ1) is 12.0. The first-order valence-corrected chi connectivity index (χ1v) is 7.92. The number of nitrogens with zero attached hydrogens (tertiary/aromatic N) is 2. The van der Waals surface area contributed by atoms with E-state index in [4.69, 9.17) is 0 Å². The number of hydrogen-bond donors (Lipinski definition) is 2. The number of rotatable bonds is 6. The lowest BCUT2D eigenvalue weighted by Crippen LogP contribution is -2.37. The number of aliphatic imine (C=N–C) groups is 1.